The Hall–Kier alpha value is -0.740. The highest BCUT2D eigenvalue weighted by molar-refractivity contribution is 7.13. The molecule has 0 amide bonds. The summed E-state index contributed by atoms with van der Waals surface area (Å²) in [6.45, 7) is 0. The molecule has 0 saturated carbocycles. The Balaban J connectivity index is 2.93. The fourth-order valence-corrected chi connectivity index (χ4v) is 2.03. The molecule has 0 radical (unpaired) electrons. The molecule has 1 aromatic heterocycles. The molecule has 0 N–H and O–H groups in total. The smallest absolute Gasteiger partial charge is 0.153 e. The van der Waals surface area contributed by atoms with E-state index in [1.54, 1.807) is 0 Å². The minimum absolute atomic E-state index is 0.0903. The number of rotatable bonds is 0. The van der Waals surface area contributed by atoms with E-state index in [-0.39, 0.29) is 10.5 Å². The molecule has 0 bridgehead atoms. The zero-order valence-corrected chi connectivity index (χ0v) is 7.22. The highest BCUT2D eigenvalue weighted by Crippen LogP contribution is 2.29. The lowest BCUT2D eigenvalue weighted by atomic mass is 10.2. The Morgan fingerprint density at radius 2 is 2.08 bits per heavy atom. The van der Waals surface area contributed by atoms with Gasteiger partial charge in [-0.25, -0.2) is 8.78 Å². The Morgan fingerprint density at radius 1 is 1.33 bits per heavy atom. The Kier molecular flexibility index (Phi) is 1.73. The lowest BCUT2D eigenvalue weighted by Crippen LogP contribution is -1.79. The van der Waals surface area contributed by atoms with Crippen LogP contribution in [-0.2, 0) is 0 Å². The van der Waals surface area contributed by atoms with Crippen molar-refractivity contribution in [2.45, 2.75) is 0 Å². The molecule has 2 rings (SSSR count). The molecule has 1 heterocycles. The molecule has 0 saturated heterocycles. The van der Waals surface area contributed by atoms with Crippen molar-refractivity contribution in [1.29, 1.82) is 0 Å². The van der Waals surface area contributed by atoms with Crippen molar-refractivity contribution in [2.24, 2.45) is 0 Å². The van der Waals surface area contributed by atoms with E-state index in [2.05, 4.69) is 4.37 Å². The van der Waals surface area contributed by atoms with Crippen LogP contribution < -0.4 is 0 Å². The van der Waals surface area contributed by atoms with E-state index in [4.69, 9.17) is 11.6 Å². The SMILES string of the molecule is Fc1cc(F)c2c(Cl)nsc2c1. The van der Waals surface area contributed by atoms with E-state index in [0.717, 1.165) is 17.6 Å². The van der Waals surface area contributed by atoms with Crippen LogP contribution in [0.4, 0.5) is 8.78 Å². The van der Waals surface area contributed by atoms with E-state index in [0.29, 0.717) is 4.70 Å². The van der Waals surface area contributed by atoms with Crippen LogP contribution in [0.5, 0.6) is 0 Å². The first kappa shape index (κ1) is 7.89. The van der Waals surface area contributed by atoms with Crippen molar-refractivity contribution in [1.82, 2.24) is 4.37 Å². The van der Waals surface area contributed by atoms with E-state index >= 15 is 0 Å². The van der Waals surface area contributed by atoms with Crippen LogP contribution in [-0.4, -0.2) is 4.37 Å². The summed E-state index contributed by atoms with van der Waals surface area (Å²) >= 11 is 6.55. The predicted molar refractivity (Wildman–Crippen MR) is 44.5 cm³/mol. The summed E-state index contributed by atoms with van der Waals surface area (Å²) in [4.78, 5) is 0. The van der Waals surface area contributed by atoms with Gasteiger partial charge in [0.25, 0.3) is 0 Å². The quantitative estimate of drug-likeness (QED) is 0.644. The average Bonchev–Trinajstić information content (AvgIpc) is 2.31. The first-order valence-electron chi connectivity index (χ1n) is 3.08. The van der Waals surface area contributed by atoms with Crippen molar-refractivity contribution in [3.05, 3.63) is 28.9 Å². The molecule has 0 spiro atoms. The van der Waals surface area contributed by atoms with Gasteiger partial charge in [-0.05, 0) is 17.6 Å². The minimum atomic E-state index is -0.663. The van der Waals surface area contributed by atoms with Gasteiger partial charge in [-0.2, -0.15) is 4.37 Å². The van der Waals surface area contributed by atoms with Crippen molar-refractivity contribution in [2.75, 3.05) is 0 Å². The molecule has 0 atom stereocenters. The maximum absolute atomic E-state index is 13.0. The molecule has 1 aromatic carbocycles. The third-order valence-electron chi connectivity index (χ3n) is 1.45. The fourth-order valence-electron chi connectivity index (χ4n) is 0.957. The largest absolute Gasteiger partial charge is 0.207 e. The van der Waals surface area contributed by atoms with Gasteiger partial charge in [0.1, 0.15) is 11.6 Å². The third kappa shape index (κ3) is 1.07. The monoisotopic (exact) mass is 205 g/mol. The number of aromatic nitrogens is 1. The van der Waals surface area contributed by atoms with E-state index < -0.39 is 11.6 Å². The first-order valence-corrected chi connectivity index (χ1v) is 4.23. The number of benzene rings is 1. The van der Waals surface area contributed by atoms with Gasteiger partial charge in [0.15, 0.2) is 5.15 Å². The number of halogens is 3. The van der Waals surface area contributed by atoms with Gasteiger partial charge >= 0.3 is 0 Å². The number of fused-ring (bicyclic) bond motifs is 1. The highest BCUT2D eigenvalue weighted by Gasteiger charge is 2.10. The van der Waals surface area contributed by atoms with Gasteiger partial charge in [0.05, 0.1) is 10.1 Å². The summed E-state index contributed by atoms with van der Waals surface area (Å²) in [6, 6.07) is 2.00. The van der Waals surface area contributed by atoms with Gasteiger partial charge in [-0.1, -0.05) is 11.6 Å². The van der Waals surface area contributed by atoms with E-state index in [1.807, 2.05) is 0 Å². The van der Waals surface area contributed by atoms with Crippen LogP contribution >= 0.6 is 23.1 Å². The standard InChI is InChI=1S/C7H2ClF2NS/c8-7-6-4(10)1-3(9)2-5(6)12-11-7/h1-2H. The Labute approximate surface area is 75.7 Å². The summed E-state index contributed by atoms with van der Waals surface area (Å²) < 4.78 is 29.7. The summed E-state index contributed by atoms with van der Waals surface area (Å²) in [5.74, 6) is -1.27. The maximum atomic E-state index is 13.0. The molecule has 0 aliphatic carbocycles. The Bertz CT molecular complexity index is 440. The third-order valence-corrected chi connectivity index (χ3v) is 2.62. The number of hydrogen-bond donors (Lipinski definition) is 0. The number of nitrogens with zero attached hydrogens (tertiary/aromatic N) is 1. The van der Waals surface area contributed by atoms with Crippen LogP contribution in [0.3, 0.4) is 0 Å². The molecule has 0 aliphatic rings. The van der Waals surface area contributed by atoms with Crippen LogP contribution in [0.15, 0.2) is 12.1 Å². The second-order valence-corrected chi connectivity index (χ2v) is 3.40. The summed E-state index contributed by atoms with van der Waals surface area (Å²) in [5.41, 5.74) is 0. The molecule has 2 aromatic rings. The summed E-state index contributed by atoms with van der Waals surface area (Å²) in [6.07, 6.45) is 0. The van der Waals surface area contributed by atoms with E-state index in [9.17, 15) is 8.78 Å². The topological polar surface area (TPSA) is 12.9 Å². The average molecular weight is 206 g/mol. The lowest BCUT2D eigenvalue weighted by molar-refractivity contribution is 0.592. The number of hydrogen-bond acceptors (Lipinski definition) is 2. The molecule has 5 heteroatoms. The second-order valence-electron chi connectivity index (χ2n) is 2.23. The predicted octanol–water partition coefficient (Wildman–Crippen LogP) is 3.23. The zero-order valence-electron chi connectivity index (χ0n) is 5.64. The molecule has 1 nitrogen and oxygen atoms in total. The van der Waals surface area contributed by atoms with Gasteiger partial charge < -0.3 is 0 Å². The minimum Gasteiger partial charge on any atom is -0.207 e. The first-order chi connectivity index (χ1) is 5.68. The molecule has 0 aliphatic heterocycles. The molecular weight excluding hydrogens is 204 g/mol. The highest BCUT2D eigenvalue weighted by atomic mass is 35.5. The molecule has 0 unspecified atom stereocenters. The van der Waals surface area contributed by atoms with Gasteiger partial charge in [0.2, 0.25) is 0 Å². The van der Waals surface area contributed by atoms with Crippen molar-refractivity contribution < 1.29 is 8.78 Å². The van der Waals surface area contributed by atoms with Crippen LogP contribution in [0.25, 0.3) is 10.1 Å². The van der Waals surface area contributed by atoms with Crippen LogP contribution in [0, 0.1) is 11.6 Å². The molecular formula is C7H2ClF2NS. The molecule has 12 heavy (non-hydrogen) atoms. The Morgan fingerprint density at radius 3 is 2.83 bits per heavy atom. The van der Waals surface area contributed by atoms with Crippen molar-refractivity contribution in [3.8, 4) is 0 Å². The van der Waals surface area contributed by atoms with Gasteiger partial charge in [-0.3, -0.25) is 0 Å². The van der Waals surface area contributed by atoms with Gasteiger partial charge in [0, 0.05) is 6.07 Å². The van der Waals surface area contributed by atoms with Crippen LogP contribution in [0.1, 0.15) is 0 Å². The summed E-state index contributed by atoms with van der Waals surface area (Å²) in [7, 11) is 0. The second kappa shape index (κ2) is 2.64. The van der Waals surface area contributed by atoms with Crippen LogP contribution in [0.2, 0.25) is 5.15 Å². The summed E-state index contributed by atoms with van der Waals surface area (Å²) in [5, 5.41) is 0.288. The fraction of sp³-hybridized carbons (Fsp3) is 0. The zero-order chi connectivity index (χ0) is 8.72. The van der Waals surface area contributed by atoms with Gasteiger partial charge in [-0.15, -0.1) is 0 Å². The lowest BCUT2D eigenvalue weighted by Gasteiger charge is -1.91. The molecule has 62 valence electrons. The van der Waals surface area contributed by atoms with Crippen molar-refractivity contribution >= 4 is 33.2 Å². The normalized spacial score (nSPS) is 10.9. The molecule has 0 fully saturated rings. The van der Waals surface area contributed by atoms with E-state index in [1.165, 1.54) is 6.07 Å². The van der Waals surface area contributed by atoms with Crippen molar-refractivity contribution in [3.63, 3.8) is 0 Å². The maximum Gasteiger partial charge on any atom is 0.153 e.